The fourth-order valence-corrected chi connectivity index (χ4v) is 10.3. The predicted octanol–water partition coefficient (Wildman–Crippen LogP) is 2.85. The maximum Gasteiger partial charge on any atom is 0.255 e. The number of phenols is 1. The number of halogens is 3. The van der Waals surface area contributed by atoms with Crippen LogP contribution in [-0.4, -0.2) is 131 Å². The van der Waals surface area contributed by atoms with E-state index in [1.807, 2.05) is 23.1 Å². The molecule has 10 rings (SSSR count). The number of fused-ring (bicyclic) bond motifs is 5. The molecular weight excluding hydrogens is 727 g/mol. The number of piperazine rings is 1. The molecule has 1 unspecified atom stereocenters. The monoisotopic (exact) mass is 771 g/mol. The van der Waals surface area contributed by atoms with E-state index in [0.717, 1.165) is 75.2 Å². The second-order valence-electron chi connectivity index (χ2n) is 16.7. The van der Waals surface area contributed by atoms with Crippen molar-refractivity contribution in [3.8, 4) is 17.0 Å². The molecule has 2 aromatic carbocycles. The highest BCUT2D eigenvalue weighted by molar-refractivity contribution is 6.05. The van der Waals surface area contributed by atoms with Gasteiger partial charge >= 0.3 is 0 Å². The molecule has 294 valence electrons. The summed E-state index contributed by atoms with van der Waals surface area (Å²) in [4.78, 5) is 48.2. The largest absolute Gasteiger partial charge is 0.504 e. The SMILES string of the molecule is O=C1CCC(N2Cc3ccc(N4CC[C@H](CN5C[C@@H]6[C@H](C5)[C@@H]6CN5CCN6c7cc(-c8cc(F)cc(F)c8O)nnc7NC[C@H]6C5)[C@@H](F)C4)cc3C2=O)C(=O)N1. The summed E-state index contributed by atoms with van der Waals surface area (Å²) in [5, 5.41) is 24.4. The molecule has 0 radical (unpaired) electrons. The topological polar surface area (TPSA) is 137 Å². The molecule has 7 heterocycles. The van der Waals surface area contributed by atoms with Gasteiger partial charge in [0.2, 0.25) is 11.8 Å². The molecule has 1 saturated carbocycles. The van der Waals surface area contributed by atoms with E-state index in [2.05, 4.69) is 35.5 Å². The summed E-state index contributed by atoms with van der Waals surface area (Å²) in [6.45, 7) is 8.37. The maximum atomic E-state index is 15.8. The van der Waals surface area contributed by atoms with Gasteiger partial charge in [-0.15, -0.1) is 10.2 Å². The molecule has 16 heteroatoms. The molecule has 13 nitrogen and oxygen atoms in total. The molecular formula is C40H44F3N9O4. The fraction of sp³-hybridized carbons (Fsp3) is 0.525. The van der Waals surface area contributed by atoms with Gasteiger partial charge in [0.1, 0.15) is 18.0 Å². The smallest absolute Gasteiger partial charge is 0.255 e. The Morgan fingerprint density at radius 1 is 0.857 bits per heavy atom. The first-order chi connectivity index (χ1) is 27.1. The van der Waals surface area contributed by atoms with E-state index in [1.165, 1.54) is 0 Å². The lowest BCUT2D eigenvalue weighted by Gasteiger charge is -2.46. The molecule has 6 aliphatic heterocycles. The number of phenolic OH excluding ortho intramolecular Hbond substituents is 1. The van der Waals surface area contributed by atoms with Crippen LogP contribution in [0.25, 0.3) is 11.3 Å². The summed E-state index contributed by atoms with van der Waals surface area (Å²) in [5.74, 6) is -0.954. The number of piperidine rings is 3. The van der Waals surface area contributed by atoms with Gasteiger partial charge in [0.25, 0.3) is 5.91 Å². The zero-order valence-electron chi connectivity index (χ0n) is 30.8. The zero-order chi connectivity index (χ0) is 38.4. The highest BCUT2D eigenvalue weighted by Crippen LogP contribution is 2.52. The third-order valence-electron chi connectivity index (χ3n) is 13.4. The number of anilines is 3. The minimum Gasteiger partial charge on any atom is -0.504 e. The number of benzene rings is 2. The average molecular weight is 772 g/mol. The quantitative estimate of drug-likeness (QED) is 0.306. The number of alkyl halides is 1. The molecule has 3 N–H and O–H groups in total. The third-order valence-corrected chi connectivity index (χ3v) is 13.4. The van der Waals surface area contributed by atoms with Crippen molar-refractivity contribution in [3.63, 3.8) is 0 Å². The summed E-state index contributed by atoms with van der Waals surface area (Å²) in [6, 6.07) is 8.67. The highest BCUT2D eigenvalue weighted by Gasteiger charge is 2.56. The Kier molecular flexibility index (Phi) is 8.62. The molecule has 7 atom stereocenters. The number of carbonyl (C=O) groups is 3. The van der Waals surface area contributed by atoms with Crippen LogP contribution in [0, 0.1) is 35.3 Å². The van der Waals surface area contributed by atoms with Crippen molar-refractivity contribution in [2.45, 2.75) is 44.1 Å². The number of imide groups is 1. The number of hydrogen-bond acceptors (Lipinski definition) is 11. The van der Waals surface area contributed by atoms with Gasteiger partial charge in [-0.25, -0.2) is 13.2 Å². The number of amides is 3. The van der Waals surface area contributed by atoms with Crippen LogP contribution in [0.3, 0.4) is 0 Å². The van der Waals surface area contributed by atoms with E-state index in [9.17, 15) is 28.3 Å². The lowest BCUT2D eigenvalue weighted by molar-refractivity contribution is -0.136. The van der Waals surface area contributed by atoms with Gasteiger partial charge in [-0.1, -0.05) is 6.07 Å². The maximum absolute atomic E-state index is 15.8. The summed E-state index contributed by atoms with van der Waals surface area (Å²) in [6.07, 6.45) is 0.287. The number of carbonyl (C=O) groups excluding carboxylic acids is 3. The van der Waals surface area contributed by atoms with Gasteiger partial charge in [0.15, 0.2) is 17.4 Å². The van der Waals surface area contributed by atoms with Crippen molar-refractivity contribution in [1.82, 2.24) is 30.2 Å². The van der Waals surface area contributed by atoms with Gasteiger partial charge in [-0.2, -0.15) is 0 Å². The normalized spacial score (nSPS) is 30.1. The van der Waals surface area contributed by atoms with Crippen LogP contribution in [0.15, 0.2) is 36.4 Å². The lowest BCUT2D eigenvalue weighted by Crippen LogP contribution is -2.58. The molecule has 0 spiro atoms. The standard InChI is InChI=1S/C40H44F3N9O4/c41-23-9-27(37(54)31(42)10-23)33-12-35-38(47-46-33)44-13-25-16-48(7-8-51(25)35)17-28-29-18-49(19-30(28)29)14-22-5-6-50(20-32(22)43)24-2-1-21-15-52(40(56)26(21)11-24)34-3-4-36(53)45-39(34)55/h1-2,9-12,22,25,28-30,32,34,54H,3-8,13-20H2,(H,44,47)(H,45,53,55)/t22-,25+,28-,29+,30-,32+,34?/m1/s1. The Labute approximate surface area is 321 Å². The Morgan fingerprint density at radius 3 is 2.50 bits per heavy atom. The summed E-state index contributed by atoms with van der Waals surface area (Å²) in [7, 11) is 0. The Bertz CT molecular complexity index is 2110. The van der Waals surface area contributed by atoms with Crippen molar-refractivity contribution in [3.05, 3.63) is 59.2 Å². The van der Waals surface area contributed by atoms with Gasteiger partial charge in [0, 0.05) is 107 Å². The van der Waals surface area contributed by atoms with Crippen LogP contribution in [0.2, 0.25) is 0 Å². The molecule has 0 bridgehead atoms. The summed E-state index contributed by atoms with van der Waals surface area (Å²) in [5.41, 5.74) is 3.20. The minimum atomic E-state index is -1.04. The van der Waals surface area contributed by atoms with Crippen LogP contribution >= 0.6 is 0 Å². The van der Waals surface area contributed by atoms with Crippen LogP contribution < -0.4 is 20.4 Å². The Balaban J connectivity index is 0.698. The van der Waals surface area contributed by atoms with E-state index in [4.69, 9.17) is 0 Å². The molecule has 56 heavy (non-hydrogen) atoms. The van der Waals surface area contributed by atoms with Crippen LogP contribution in [-0.2, 0) is 16.1 Å². The number of nitrogens with zero attached hydrogens (tertiary/aromatic N) is 7. The van der Waals surface area contributed by atoms with E-state index in [0.29, 0.717) is 61.3 Å². The van der Waals surface area contributed by atoms with Crippen LogP contribution in [0.4, 0.5) is 30.4 Å². The molecule has 7 aliphatic rings. The number of aromatic hydroxyl groups is 1. The first kappa shape index (κ1) is 35.5. The molecule has 5 fully saturated rings. The molecule has 1 aliphatic carbocycles. The fourth-order valence-electron chi connectivity index (χ4n) is 10.3. The van der Waals surface area contributed by atoms with Gasteiger partial charge < -0.3 is 30.0 Å². The van der Waals surface area contributed by atoms with Gasteiger partial charge in [-0.3, -0.25) is 24.6 Å². The van der Waals surface area contributed by atoms with E-state index in [1.54, 1.807) is 11.0 Å². The number of aromatic nitrogens is 2. The predicted molar refractivity (Wildman–Crippen MR) is 200 cm³/mol. The number of hydrogen-bond donors (Lipinski definition) is 3. The van der Waals surface area contributed by atoms with Gasteiger partial charge in [-0.05, 0) is 60.4 Å². The van der Waals surface area contributed by atoms with Crippen LogP contribution in [0.5, 0.6) is 5.75 Å². The van der Waals surface area contributed by atoms with E-state index < -0.39 is 35.5 Å². The van der Waals surface area contributed by atoms with Gasteiger partial charge in [0.05, 0.1) is 17.4 Å². The number of nitrogens with one attached hydrogen (secondary N) is 2. The second-order valence-corrected chi connectivity index (χ2v) is 16.7. The molecule has 4 saturated heterocycles. The zero-order valence-corrected chi connectivity index (χ0v) is 30.8. The van der Waals surface area contributed by atoms with Crippen LogP contribution in [0.1, 0.15) is 35.2 Å². The van der Waals surface area contributed by atoms with E-state index >= 15 is 4.39 Å². The lowest BCUT2D eigenvalue weighted by atomic mass is 9.93. The Morgan fingerprint density at radius 2 is 1.70 bits per heavy atom. The highest BCUT2D eigenvalue weighted by atomic mass is 19.1. The van der Waals surface area contributed by atoms with Crippen molar-refractivity contribution >= 4 is 34.9 Å². The summed E-state index contributed by atoms with van der Waals surface area (Å²) < 4.78 is 43.8. The number of rotatable bonds is 7. The first-order valence-corrected chi connectivity index (χ1v) is 19.8. The third kappa shape index (κ3) is 6.21. The van der Waals surface area contributed by atoms with Crippen molar-refractivity contribution in [2.75, 3.05) is 80.6 Å². The number of likely N-dealkylation sites (tertiary alicyclic amines) is 1. The minimum absolute atomic E-state index is 0.0307. The van der Waals surface area contributed by atoms with E-state index in [-0.39, 0.29) is 48.0 Å². The van der Waals surface area contributed by atoms with Crippen molar-refractivity contribution < 1.29 is 32.7 Å². The first-order valence-electron chi connectivity index (χ1n) is 19.8. The summed E-state index contributed by atoms with van der Waals surface area (Å²) >= 11 is 0. The molecule has 3 amide bonds. The average Bonchev–Trinajstić information content (AvgIpc) is 3.45. The molecule has 3 aromatic rings. The molecule has 1 aromatic heterocycles. The second kappa shape index (κ2) is 13.6. The van der Waals surface area contributed by atoms with Crippen molar-refractivity contribution in [2.24, 2.45) is 23.7 Å². The van der Waals surface area contributed by atoms with Crippen molar-refractivity contribution in [1.29, 1.82) is 0 Å². The Hall–Kier alpha value is -4.96.